The van der Waals surface area contributed by atoms with E-state index in [0.29, 0.717) is 33.4 Å². The minimum Gasteiger partial charge on any atom is -0.497 e. The minimum atomic E-state index is -0.536. The molecule has 4 rings (SSSR count). The van der Waals surface area contributed by atoms with Crippen molar-refractivity contribution >= 4 is 38.4 Å². The van der Waals surface area contributed by atoms with Gasteiger partial charge in [0.05, 0.1) is 14.2 Å². The van der Waals surface area contributed by atoms with Gasteiger partial charge >= 0.3 is 5.69 Å². The van der Waals surface area contributed by atoms with Crippen LogP contribution in [-0.2, 0) is 17.9 Å². The number of hydrogen-bond acceptors (Lipinski definition) is 8. The number of hydrogen-bond donors (Lipinski definition) is 1. The van der Waals surface area contributed by atoms with Crippen LogP contribution in [0, 0.1) is 0 Å². The highest BCUT2D eigenvalue weighted by Gasteiger charge is 2.23. The quantitative estimate of drug-likeness (QED) is 0.535. The van der Waals surface area contributed by atoms with E-state index >= 15 is 0 Å². The fraction of sp³-hybridized carbons (Fsp3) is 0.455. The number of methoxy groups -OCH3 is 2. The molecule has 0 unspecified atom stereocenters. The van der Waals surface area contributed by atoms with Gasteiger partial charge in [0.1, 0.15) is 22.7 Å². The fourth-order valence-corrected chi connectivity index (χ4v) is 4.97. The molecule has 0 saturated carbocycles. The second-order valence-electron chi connectivity index (χ2n) is 7.82. The van der Waals surface area contributed by atoms with Crippen LogP contribution in [0.25, 0.3) is 10.3 Å². The van der Waals surface area contributed by atoms with Crippen LogP contribution in [0.3, 0.4) is 0 Å². The molecule has 1 aromatic carbocycles. The van der Waals surface area contributed by atoms with Crippen LogP contribution >= 0.6 is 11.3 Å². The average molecular weight is 474 g/mol. The molecule has 176 valence electrons. The highest BCUT2D eigenvalue weighted by atomic mass is 32.1. The number of thiazole rings is 1. The number of rotatable bonds is 8. The first-order valence-corrected chi connectivity index (χ1v) is 11.7. The van der Waals surface area contributed by atoms with Crippen molar-refractivity contribution in [3.05, 3.63) is 39.0 Å². The summed E-state index contributed by atoms with van der Waals surface area (Å²) >= 11 is 1.28. The van der Waals surface area contributed by atoms with E-state index in [1.54, 1.807) is 18.2 Å². The van der Waals surface area contributed by atoms with E-state index in [4.69, 9.17) is 9.47 Å². The van der Waals surface area contributed by atoms with Crippen molar-refractivity contribution in [1.29, 1.82) is 0 Å². The monoisotopic (exact) mass is 473 g/mol. The Kier molecular flexibility index (Phi) is 6.68. The number of fused-ring (bicyclic) bond motifs is 1. The Morgan fingerprint density at radius 2 is 1.76 bits per heavy atom. The molecule has 1 aliphatic heterocycles. The molecule has 1 fully saturated rings. The van der Waals surface area contributed by atoms with Gasteiger partial charge in [-0.05, 0) is 19.3 Å². The molecule has 2 aromatic heterocycles. The molecule has 3 aromatic rings. The summed E-state index contributed by atoms with van der Waals surface area (Å²) in [6.45, 7) is 3.63. The van der Waals surface area contributed by atoms with Crippen LogP contribution in [0.1, 0.15) is 26.2 Å². The summed E-state index contributed by atoms with van der Waals surface area (Å²) in [4.78, 5) is 45.8. The van der Waals surface area contributed by atoms with Crippen LogP contribution < -0.4 is 30.9 Å². The van der Waals surface area contributed by atoms with Crippen molar-refractivity contribution in [3.8, 4) is 11.5 Å². The molecular formula is C22H27N5O5S. The smallest absolute Gasteiger partial charge is 0.333 e. The van der Waals surface area contributed by atoms with Gasteiger partial charge in [-0.1, -0.05) is 18.3 Å². The lowest BCUT2D eigenvalue weighted by Crippen LogP contribution is -2.41. The predicted molar refractivity (Wildman–Crippen MR) is 128 cm³/mol. The molecule has 10 nitrogen and oxygen atoms in total. The van der Waals surface area contributed by atoms with Crippen molar-refractivity contribution in [2.24, 2.45) is 0 Å². The second kappa shape index (κ2) is 9.65. The number of aromatic nitrogens is 3. The molecule has 3 heterocycles. The summed E-state index contributed by atoms with van der Waals surface area (Å²) < 4.78 is 13.4. The summed E-state index contributed by atoms with van der Waals surface area (Å²) in [5.41, 5.74) is -0.166. The zero-order valence-corrected chi connectivity index (χ0v) is 19.7. The molecule has 0 atom stereocenters. The third-order valence-corrected chi connectivity index (χ3v) is 6.61. The van der Waals surface area contributed by atoms with Gasteiger partial charge in [0.2, 0.25) is 5.91 Å². The molecular weight excluding hydrogens is 446 g/mol. The van der Waals surface area contributed by atoms with Crippen molar-refractivity contribution < 1.29 is 14.3 Å². The lowest BCUT2D eigenvalue weighted by atomic mass is 10.2. The Morgan fingerprint density at radius 3 is 2.36 bits per heavy atom. The SMILES string of the molecule is CCCn1c(=O)c2sc(N3CCCC3)nc2n(CC(=O)Nc2cc(OC)cc(OC)c2)c1=O. The third kappa shape index (κ3) is 4.58. The van der Waals surface area contributed by atoms with Gasteiger partial charge in [-0.2, -0.15) is 0 Å². The summed E-state index contributed by atoms with van der Waals surface area (Å²) in [5, 5.41) is 3.49. The fourth-order valence-electron chi connectivity index (χ4n) is 3.90. The molecule has 0 radical (unpaired) electrons. The largest absolute Gasteiger partial charge is 0.497 e. The average Bonchev–Trinajstić information content (AvgIpc) is 3.49. The summed E-state index contributed by atoms with van der Waals surface area (Å²) in [6.07, 6.45) is 2.75. The van der Waals surface area contributed by atoms with E-state index in [0.717, 1.165) is 25.9 Å². The number of carbonyl (C=O) groups excluding carboxylic acids is 1. The zero-order chi connectivity index (χ0) is 23.5. The summed E-state index contributed by atoms with van der Waals surface area (Å²) in [6, 6.07) is 5.01. The van der Waals surface area contributed by atoms with E-state index in [-0.39, 0.29) is 24.3 Å². The number of benzene rings is 1. The Labute approximate surface area is 194 Å². The van der Waals surface area contributed by atoms with Gasteiger partial charge < -0.3 is 19.7 Å². The molecule has 11 heteroatoms. The van der Waals surface area contributed by atoms with Crippen molar-refractivity contribution in [1.82, 2.24) is 14.1 Å². The van der Waals surface area contributed by atoms with Gasteiger partial charge in [0, 0.05) is 43.5 Å². The number of nitrogens with zero attached hydrogens (tertiary/aromatic N) is 4. The number of amides is 1. The first kappa shape index (κ1) is 22.8. The van der Waals surface area contributed by atoms with Crippen molar-refractivity contribution in [2.45, 2.75) is 39.3 Å². The first-order valence-electron chi connectivity index (χ1n) is 10.9. The predicted octanol–water partition coefficient (Wildman–Crippen LogP) is 2.29. The molecule has 1 amide bonds. The Hall–Kier alpha value is -3.34. The molecule has 1 N–H and O–H groups in total. The number of ether oxygens (including phenoxy) is 2. The maximum atomic E-state index is 13.2. The zero-order valence-electron chi connectivity index (χ0n) is 18.9. The van der Waals surface area contributed by atoms with Gasteiger partial charge in [-0.15, -0.1) is 0 Å². The molecule has 33 heavy (non-hydrogen) atoms. The van der Waals surface area contributed by atoms with Gasteiger partial charge in [0.25, 0.3) is 5.56 Å². The van der Waals surface area contributed by atoms with E-state index < -0.39 is 11.6 Å². The Morgan fingerprint density at radius 1 is 1.09 bits per heavy atom. The van der Waals surface area contributed by atoms with Gasteiger partial charge in [-0.3, -0.25) is 18.7 Å². The molecule has 1 saturated heterocycles. The number of anilines is 2. The van der Waals surface area contributed by atoms with Crippen LogP contribution in [0.5, 0.6) is 11.5 Å². The second-order valence-corrected chi connectivity index (χ2v) is 8.80. The normalized spacial score (nSPS) is 13.5. The Bertz CT molecular complexity index is 1270. The minimum absolute atomic E-state index is 0.252. The lowest BCUT2D eigenvalue weighted by molar-refractivity contribution is -0.116. The van der Waals surface area contributed by atoms with Gasteiger partial charge in [-0.25, -0.2) is 9.78 Å². The first-order chi connectivity index (χ1) is 15.9. The van der Waals surface area contributed by atoms with Crippen LogP contribution in [0.4, 0.5) is 10.8 Å². The van der Waals surface area contributed by atoms with E-state index in [2.05, 4.69) is 15.2 Å². The number of carbonyl (C=O) groups is 1. The third-order valence-electron chi connectivity index (χ3n) is 5.52. The topological polar surface area (TPSA) is 108 Å². The van der Waals surface area contributed by atoms with Crippen LogP contribution in [-0.4, -0.2) is 47.3 Å². The summed E-state index contributed by atoms with van der Waals surface area (Å²) in [5.74, 6) is 0.622. The maximum Gasteiger partial charge on any atom is 0.333 e. The molecule has 1 aliphatic rings. The highest BCUT2D eigenvalue weighted by Crippen LogP contribution is 2.29. The Balaban J connectivity index is 1.72. The molecule has 0 aliphatic carbocycles. The van der Waals surface area contributed by atoms with E-state index in [1.807, 2.05) is 6.92 Å². The maximum absolute atomic E-state index is 13.2. The number of nitrogens with one attached hydrogen (secondary N) is 1. The lowest BCUT2D eigenvalue weighted by Gasteiger charge is -2.13. The van der Waals surface area contributed by atoms with E-state index in [1.165, 1.54) is 34.7 Å². The molecule has 0 bridgehead atoms. The van der Waals surface area contributed by atoms with E-state index in [9.17, 15) is 14.4 Å². The van der Waals surface area contributed by atoms with Crippen molar-refractivity contribution in [3.63, 3.8) is 0 Å². The van der Waals surface area contributed by atoms with Crippen LogP contribution in [0.15, 0.2) is 27.8 Å². The standard InChI is InChI=1S/C22H27N5O5S/c1-4-7-26-20(29)18-19(24-21(33-18)25-8-5-6-9-25)27(22(26)30)13-17(28)23-14-10-15(31-2)12-16(11-14)32-3/h10-12H,4-9,13H2,1-3H3,(H,23,28). The van der Waals surface area contributed by atoms with Crippen molar-refractivity contribution in [2.75, 3.05) is 37.5 Å². The highest BCUT2D eigenvalue weighted by molar-refractivity contribution is 7.22. The summed E-state index contributed by atoms with van der Waals surface area (Å²) in [7, 11) is 3.04. The van der Waals surface area contributed by atoms with Gasteiger partial charge in [0.15, 0.2) is 10.8 Å². The molecule has 0 spiro atoms. The van der Waals surface area contributed by atoms with Crippen LogP contribution in [0.2, 0.25) is 0 Å².